The third-order valence-electron chi connectivity index (χ3n) is 1.90. The van der Waals surface area contributed by atoms with E-state index in [0.29, 0.717) is 23.7 Å². The van der Waals surface area contributed by atoms with Crippen LogP contribution in [0, 0.1) is 5.82 Å². The lowest BCUT2D eigenvalue weighted by molar-refractivity contribution is 0.274. The molecule has 0 spiro atoms. The zero-order valence-corrected chi connectivity index (χ0v) is 7.85. The first-order valence-electron chi connectivity index (χ1n) is 4.49. The zero-order valence-electron chi connectivity index (χ0n) is 7.85. The Kier molecular flexibility index (Phi) is 2.73. The van der Waals surface area contributed by atoms with Crippen LogP contribution >= 0.6 is 0 Å². The van der Waals surface area contributed by atoms with Gasteiger partial charge in [-0.1, -0.05) is 5.16 Å². The van der Waals surface area contributed by atoms with Gasteiger partial charge in [-0.15, -0.1) is 0 Å². The van der Waals surface area contributed by atoms with Crippen molar-refractivity contribution in [2.24, 2.45) is 0 Å². The fourth-order valence-electron chi connectivity index (χ4n) is 1.17. The predicted molar refractivity (Wildman–Crippen MR) is 50.5 cm³/mol. The standard InChI is InChI=1S/C10H9FN2O2/c11-8-3-1-7(2-4-8)10-12-9(5-6-14)15-13-10/h1-4,14H,5-6H2. The first kappa shape index (κ1) is 9.79. The van der Waals surface area contributed by atoms with Gasteiger partial charge in [0.1, 0.15) is 5.82 Å². The molecular formula is C10H9FN2O2. The minimum Gasteiger partial charge on any atom is -0.396 e. The zero-order chi connectivity index (χ0) is 10.7. The second-order valence-electron chi connectivity index (χ2n) is 2.99. The number of hydrogen-bond donors (Lipinski definition) is 1. The van der Waals surface area contributed by atoms with E-state index in [1.54, 1.807) is 12.1 Å². The van der Waals surface area contributed by atoms with Gasteiger partial charge >= 0.3 is 0 Å². The molecule has 0 atom stereocenters. The molecule has 0 amide bonds. The van der Waals surface area contributed by atoms with E-state index in [2.05, 4.69) is 10.1 Å². The molecule has 0 radical (unpaired) electrons. The van der Waals surface area contributed by atoms with Crippen LogP contribution in [0.5, 0.6) is 0 Å². The molecule has 2 aromatic rings. The largest absolute Gasteiger partial charge is 0.396 e. The van der Waals surface area contributed by atoms with E-state index in [1.165, 1.54) is 12.1 Å². The predicted octanol–water partition coefficient (Wildman–Crippen LogP) is 1.41. The number of benzene rings is 1. The van der Waals surface area contributed by atoms with Crippen LogP contribution in [0.15, 0.2) is 28.8 Å². The van der Waals surface area contributed by atoms with Crippen molar-refractivity contribution in [2.75, 3.05) is 6.61 Å². The van der Waals surface area contributed by atoms with E-state index in [9.17, 15) is 4.39 Å². The molecule has 4 nitrogen and oxygen atoms in total. The van der Waals surface area contributed by atoms with Crippen molar-refractivity contribution < 1.29 is 14.0 Å². The second-order valence-corrected chi connectivity index (χ2v) is 2.99. The van der Waals surface area contributed by atoms with Gasteiger partial charge in [0.15, 0.2) is 0 Å². The molecule has 15 heavy (non-hydrogen) atoms. The van der Waals surface area contributed by atoms with Crippen LogP contribution in [0.2, 0.25) is 0 Å². The molecule has 0 saturated carbocycles. The number of aliphatic hydroxyl groups excluding tert-OH is 1. The molecule has 5 heteroatoms. The fourth-order valence-corrected chi connectivity index (χ4v) is 1.17. The van der Waals surface area contributed by atoms with Gasteiger partial charge in [-0.3, -0.25) is 0 Å². The average Bonchev–Trinajstić information content (AvgIpc) is 2.68. The summed E-state index contributed by atoms with van der Waals surface area (Å²) in [6.45, 7) is -0.0367. The van der Waals surface area contributed by atoms with Crippen LogP contribution in [-0.2, 0) is 6.42 Å². The van der Waals surface area contributed by atoms with E-state index in [0.717, 1.165) is 0 Å². The summed E-state index contributed by atoms with van der Waals surface area (Å²) in [5.41, 5.74) is 0.685. The molecule has 78 valence electrons. The Hall–Kier alpha value is -1.75. The lowest BCUT2D eigenvalue weighted by atomic mass is 10.2. The molecule has 1 aromatic carbocycles. The lowest BCUT2D eigenvalue weighted by Crippen LogP contribution is -1.90. The van der Waals surface area contributed by atoms with Crippen LogP contribution in [0.25, 0.3) is 11.4 Å². The summed E-state index contributed by atoms with van der Waals surface area (Å²) in [4.78, 5) is 4.04. The van der Waals surface area contributed by atoms with Gasteiger partial charge in [0, 0.05) is 5.56 Å². The Balaban J connectivity index is 2.25. The van der Waals surface area contributed by atoms with Crippen molar-refractivity contribution in [3.63, 3.8) is 0 Å². The van der Waals surface area contributed by atoms with Gasteiger partial charge in [-0.25, -0.2) is 4.39 Å². The molecule has 1 aromatic heterocycles. The second kappa shape index (κ2) is 4.18. The molecule has 0 bridgehead atoms. The summed E-state index contributed by atoms with van der Waals surface area (Å²) in [6.07, 6.45) is 0.328. The minimum atomic E-state index is -0.308. The number of rotatable bonds is 3. The summed E-state index contributed by atoms with van der Waals surface area (Å²) in [7, 11) is 0. The molecule has 0 aliphatic rings. The fraction of sp³-hybridized carbons (Fsp3) is 0.200. The number of hydrogen-bond acceptors (Lipinski definition) is 4. The van der Waals surface area contributed by atoms with Gasteiger partial charge in [0.25, 0.3) is 0 Å². The van der Waals surface area contributed by atoms with Crippen molar-refractivity contribution in [2.45, 2.75) is 6.42 Å². The average molecular weight is 208 g/mol. The molecule has 0 saturated heterocycles. The smallest absolute Gasteiger partial charge is 0.229 e. The van der Waals surface area contributed by atoms with Crippen LogP contribution in [0.4, 0.5) is 4.39 Å². The van der Waals surface area contributed by atoms with Crippen molar-refractivity contribution >= 4 is 0 Å². The molecule has 1 heterocycles. The first-order valence-corrected chi connectivity index (χ1v) is 4.49. The number of aromatic nitrogens is 2. The highest BCUT2D eigenvalue weighted by Crippen LogP contribution is 2.15. The summed E-state index contributed by atoms with van der Waals surface area (Å²) in [5, 5.41) is 12.4. The monoisotopic (exact) mass is 208 g/mol. The van der Waals surface area contributed by atoms with Crippen molar-refractivity contribution in [1.82, 2.24) is 10.1 Å². The maximum atomic E-state index is 12.6. The Bertz CT molecular complexity index is 439. The van der Waals surface area contributed by atoms with Gasteiger partial charge in [0.05, 0.1) is 13.0 Å². The Morgan fingerprint density at radius 2 is 2.00 bits per heavy atom. The van der Waals surface area contributed by atoms with E-state index in [1.807, 2.05) is 0 Å². The van der Waals surface area contributed by atoms with Crippen LogP contribution in [-0.4, -0.2) is 21.9 Å². The summed E-state index contributed by atoms with van der Waals surface area (Å²) in [6, 6.07) is 5.81. The van der Waals surface area contributed by atoms with E-state index >= 15 is 0 Å². The highest BCUT2D eigenvalue weighted by molar-refractivity contribution is 5.53. The molecule has 0 unspecified atom stereocenters. The normalized spacial score (nSPS) is 10.5. The highest BCUT2D eigenvalue weighted by Gasteiger charge is 2.07. The maximum Gasteiger partial charge on any atom is 0.229 e. The third-order valence-corrected chi connectivity index (χ3v) is 1.90. The molecule has 0 aliphatic heterocycles. The topological polar surface area (TPSA) is 59.2 Å². The summed E-state index contributed by atoms with van der Waals surface area (Å²) < 4.78 is 17.5. The summed E-state index contributed by atoms with van der Waals surface area (Å²) in [5.74, 6) is 0.466. The van der Waals surface area contributed by atoms with Gasteiger partial charge in [-0.05, 0) is 24.3 Å². The third kappa shape index (κ3) is 2.19. The van der Waals surface area contributed by atoms with Gasteiger partial charge < -0.3 is 9.63 Å². The maximum absolute atomic E-state index is 12.6. The van der Waals surface area contributed by atoms with Crippen LogP contribution in [0.1, 0.15) is 5.89 Å². The highest BCUT2D eigenvalue weighted by atomic mass is 19.1. The number of halogens is 1. The summed E-state index contributed by atoms with van der Waals surface area (Å²) >= 11 is 0. The minimum absolute atomic E-state index is 0.0367. The molecule has 1 N–H and O–H groups in total. The van der Waals surface area contributed by atoms with Crippen molar-refractivity contribution in [1.29, 1.82) is 0 Å². The van der Waals surface area contributed by atoms with E-state index in [4.69, 9.17) is 9.63 Å². The van der Waals surface area contributed by atoms with Crippen molar-refractivity contribution in [3.8, 4) is 11.4 Å². The Morgan fingerprint density at radius 1 is 1.27 bits per heavy atom. The van der Waals surface area contributed by atoms with Crippen LogP contribution < -0.4 is 0 Å². The van der Waals surface area contributed by atoms with Gasteiger partial charge in [0.2, 0.25) is 11.7 Å². The van der Waals surface area contributed by atoms with E-state index in [-0.39, 0.29) is 12.4 Å². The number of aliphatic hydroxyl groups is 1. The molecule has 0 aliphatic carbocycles. The Morgan fingerprint density at radius 3 is 2.67 bits per heavy atom. The van der Waals surface area contributed by atoms with Gasteiger partial charge in [-0.2, -0.15) is 4.98 Å². The first-order chi connectivity index (χ1) is 7.29. The molecule has 2 rings (SSSR count). The number of nitrogens with zero attached hydrogens (tertiary/aromatic N) is 2. The molecular weight excluding hydrogens is 199 g/mol. The quantitative estimate of drug-likeness (QED) is 0.828. The molecule has 0 fully saturated rings. The van der Waals surface area contributed by atoms with Crippen LogP contribution in [0.3, 0.4) is 0 Å². The Labute approximate surface area is 85.4 Å². The van der Waals surface area contributed by atoms with E-state index < -0.39 is 0 Å². The lowest BCUT2D eigenvalue weighted by Gasteiger charge is -1.92. The SMILES string of the molecule is OCCc1nc(-c2ccc(F)cc2)no1. The van der Waals surface area contributed by atoms with Crippen molar-refractivity contribution in [3.05, 3.63) is 36.0 Å².